The lowest BCUT2D eigenvalue weighted by molar-refractivity contribution is 0.598. The van der Waals surface area contributed by atoms with E-state index in [1.165, 1.54) is 6.20 Å². The van der Waals surface area contributed by atoms with Gasteiger partial charge in [-0.25, -0.2) is 18.5 Å². The van der Waals surface area contributed by atoms with E-state index in [9.17, 15) is 8.42 Å². The minimum atomic E-state index is -3.54. The molecule has 9 heteroatoms. The molecule has 0 saturated carbocycles. The third-order valence-electron chi connectivity index (χ3n) is 2.82. The first-order valence-corrected chi connectivity index (χ1v) is 7.80. The highest BCUT2D eigenvalue weighted by atomic mass is 32.2. The van der Waals surface area contributed by atoms with Crippen molar-refractivity contribution in [1.82, 2.24) is 30.6 Å². The van der Waals surface area contributed by atoms with Crippen LogP contribution < -0.4 is 0 Å². The summed E-state index contributed by atoms with van der Waals surface area (Å²) in [6, 6.07) is 5.28. The second kappa shape index (κ2) is 5.02. The largest absolute Gasteiger partial charge is 0.264 e. The molecule has 0 atom stereocenters. The van der Waals surface area contributed by atoms with E-state index in [1.807, 2.05) is 6.07 Å². The molecule has 106 valence electrons. The smallest absolute Gasteiger partial charge is 0.193 e. The van der Waals surface area contributed by atoms with E-state index in [4.69, 9.17) is 0 Å². The van der Waals surface area contributed by atoms with Crippen LogP contribution in [0.5, 0.6) is 0 Å². The molecule has 8 nitrogen and oxygen atoms in total. The van der Waals surface area contributed by atoms with Crippen molar-refractivity contribution in [2.45, 2.75) is 5.03 Å². The molecular weight excluding hydrogens is 292 g/mol. The summed E-state index contributed by atoms with van der Waals surface area (Å²) in [5.41, 5.74) is 1.71. The van der Waals surface area contributed by atoms with Crippen molar-refractivity contribution in [3.8, 4) is 22.5 Å². The molecule has 0 aliphatic rings. The van der Waals surface area contributed by atoms with Crippen LogP contribution in [0.15, 0.2) is 41.8 Å². The minimum Gasteiger partial charge on any atom is -0.264 e. The summed E-state index contributed by atoms with van der Waals surface area (Å²) in [5, 5.41) is 13.3. The number of nitrogens with zero attached hydrogens (tertiary/aromatic N) is 5. The molecular formula is C12H10N6O2S. The fourth-order valence-electron chi connectivity index (χ4n) is 1.98. The maximum absolute atomic E-state index is 12.0. The van der Waals surface area contributed by atoms with Crippen molar-refractivity contribution in [2.24, 2.45) is 0 Å². The van der Waals surface area contributed by atoms with E-state index >= 15 is 0 Å². The molecule has 1 N–H and O–H groups in total. The predicted octanol–water partition coefficient (Wildman–Crippen LogP) is 0.727. The number of rotatable bonds is 3. The number of tetrazole rings is 1. The summed E-state index contributed by atoms with van der Waals surface area (Å²) in [6.07, 6.45) is 5.80. The molecule has 0 aliphatic carbocycles. The average Bonchev–Trinajstić information content (AvgIpc) is 3.00. The van der Waals surface area contributed by atoms with Crippen LogP contribution in [0.3, 0.4) is 0 Å². The Hall–Kier alpha value is -2.68. The van der Waals surface area contributed by atoms with Gasteiger partial charge >= 0.3 is 0 Å². The van der Waals surface area contributed by atoms with Crippen LogP contribution in [0.25, 0.3) is 22.5 Å². The Labute approximate surface area is 120 Å². The molecule has 0 unspecified atom stereocenters. The van der Waals surface area contributed by atoms with E-state index in [0.717, 1.165) is 11.8 Å². The minimum absolute atomic E-state index is 0.0811. The van der Waals surface area contributed by atoms with Gasteiger partial charge in [0.25, 0.3) is 0 Å². The highest BCUT2D eigenvalue weighted by Crippen LogP contribution is 2.33. The molecule has 0 radical (unpaired) electrons. The lowest BCUT2D eigenvalue weighted by atomic mass is 10.0. The topological polar surface area (TPSA) is 114 Å². The molecule has 3 rings (SSSR count). The van der Waals surface area contributed by atoms with Gasteiger partial charge in [-0.2, -0.15) is 0 Å². The number of nitrogens with one attached hydrogen (secondary N) is 1. The zero-order valence-corrected chi connectivity index (χ0v) is 11.7. The van der Waals surface area contributed by atoms with E-state index in [2.05, 4.69) is 30.6 Å². The average molecular weight is 302 g/mol. The van der Waals surface area contributed by atoms with Crippen LogP contribution in [0.2, 0.25) is 0 Å². The van der Waals surface area contributed by atoms with E-state index < -0.39 is 9.84 Å². The number of hydrogen-bond acceptors (Lipinski definition) is 7. The molecule has 3 aromatic rings. The van der Waals surface area contributed by atoms with Crippen LogP contribution in [0.4, 0.5) is 0 Å². The molecule has 0 aromatic carbocycles. The van der Waals surface area contributed by atoms with Gasteiger partial charge in [0.15, 0.2) is 20.7 Å². The van der Waals surface area contributed by atoms with Gasteiger partial charge in [0.1, 0.15) is 0 Å². The summed E-state index contributed by atoms with van der Waals surface area (Å²) in [6.45, 7) is 0. The fourth-order valence-corrected chi connectivity index (χ4v) is 2.81. The quantitative estimate of drug-likeness (QED) is 0.758. The van der Waals surface area contributed by atoms with Gasteiger partial charge in [-0.3, -0.25) is 4.98 Å². The number of pyridine rings is 2. The first kappa shape index (κ1) is 13.3. The van der Waals surface area contributed by atoms with Crippen LogP contribution in [0, 0.1) is 0 Å². The number of sulfone groups is 1. The number of aromatic amines is 1. The molecule has 3 heterocycles. The third-order valence-corrected chi connectivity index (χ3v) is 3.83. The van der Waals surface area contributed by atoms with E-state index in [1.54, 1.807) is 24.5 Å². The summed E-state index contributed by atoms with van der Waals surface area (Å²) < 4.78 is 23.9. The van der Waals surface area contributed by atoms with E-state index in [-0.39, 0.29) is 10.9 Å². The first-order chi connectivity index (χ1) is 10.1. The monoisotopic (exact) mass is 302 g/mol. The standard InChI is InChI=1S/C12H10N6O2S/c1-21(19,20)12-10(11-15-17-18-16-11)9(4-6-14-12)8-3-2-5-13-7-8/h2-7H,1H3,(H,15,16,17,18). The highest BCUT2D eigenvalue weighted by Gasteiger charge is 2.22. The van der Waals surface area contributed by atoms with Gasteiger partial charge in [-0.05, 0) is 28.1 Å². The maximum Gasteiger partial charge on any atom is 0.193 e. The summed E-state index contributed by atoms with van der Waals surface area (Å²) in [5.74, 6) is 0.238. The van der Waals surface area contributed by atoms with E-state index in [0.29, 0.717) is 11.1 Å². The molecule has 0 saturated heterocycles. The molecule has 3 aromatic heterocycles. The van der Waals surface area contributed by atoms with Crippen molar-refractivity contribution < 1.29 is 8.42 Å². The Balaban J connectivity index is 2.36. The van der Waals surface area contributed by atoms with Gasteiger partial charge in [0.2, 0.25) is 0 Å². The van der Waals surface area contributed by atoms with Crippen molar-refractivity contribution in [1.29, 1.82) is 0 Å². The Morgan fingerprint density at radius 1 is 1.19 bits per heavy atom. The van der Waals surface area contributed by atoms with Gasteiger partial charge < -0.3 is 0 Å². The van der Waals surface area contributed by atoms with Crippen molar-refractivity contribution >= 4 is 9.84 Å². The van der Waals surface area contributed by atoms with Crippen LogP contribution >= 0.6 is 0 Å². The lowest BCUT2D eigenvalue weighted by Crippen LogP contribution is -2.05. The fraction of sp³-hybridized carbons (Fsp3) is 0.0833. The third kappa shape index (κ3) is 2.50. The van der Waals surface area contributed by atoms with Crippen LogP contribution in [-0.2, 0) is 9.84 Å². The van der Waals surface area contributed by atoms with Crippen molar-refractivity contribution in [2.75, 3.05) is 6.26 Å². The van der Waals surface area contributed by atoms with Gasteiger partial charge in [-0.1, -0.05) is 6.07 Å². The number of aromatic nitrogens is 6. The lowest BCUT2D eigenvalue weighted by Gasteiger charge is -2.10. The molecule has 0 aliphatic heterocycles. The number of H-pyrrole nitrogens is 1. The predicted molar refractivity (Wildman–Crippen MR) is 73.7 cm³/mol. The van der Waals surface area contributed by atoms with Crippen molar-refractivity contribution in [3.05, 3.63) is 36.8 Å². The maximum atomic E-state index is 12.0. The second-order valence-corrected chi connectivity index (χ2v) is 6.23. The molecule has 0 fully saturated rings. The summed E-state index contributed by atoms with van der Waals surface area (Å²) in [7, 11) is -3.54. The SMILES string of the molecule is CS(=O)(=O)c1nccc(-c2cccnc2)c1-c1nnn[nH]1. The normalized spacial score (nSPS) is 11.5. The van der Waals surface area contributed by atoms with Crippen LogP contribution in [0.1, 0.15) is 0 Å². The zero-order valence-electron chi connectivity index (χ0n) is 10.9. The zero-order chi connectivity index (χ0) is 14.9. The second-order valence-electron chi connectivity index (χ2n) is 4.30. The highest BCUT2D eigenvalue weighted by molar-refractivity contribution is 7.90. The Kier molecular flexibility index (Phi) is 3.18. The summed E-state index contributed by atoms with van der Waals surface area (Å²) >= 11 is 0. The first-order valence-electron chi connectivity index (χ1n) is 5.91. The molecule has 0 spiro atoms. The Morgan fingerprint density at radius 2 is 2.05 bits per heavy atom. The van der Waals surface area contributed by atoms with Crippen molar-refractivity contribution in [3.63, 3.8) is 0 Å². The Morgan fingerprint density at radius 3 is 2.67 bits per heavy atom. The van der Waals surface area contributed by atoms with Crippen LogP contribution in [-0.4, -0.2) is 45.3 Å². The summed E-state index contributed by atoms with van der Waals surface area (Å²) in [4.78, 5) is 8.01. The van der Waals surface area contributed by atoms with Gasteiger partial charge in [0.05, 0.1) is 5.56 Å². The Bertz CT molecular complexity index is 862. The van der Waals surface area contributed by atoms with Gasteiger partial charge in [0, 0.05) is 30.4 Å². The number of hydrogen-bond donors (Lipinski definition) is 1. The molecule has 0 bridgehead atoms. The molecule has 0 amide bonds. The molecule has 21 heavy (non-hydrogen) atoms. The van der Waals surface area contributed by atoms with Gasteiger partial charge in [-0.15, -0.1) is 5.10 Å².